The average Bonchev–Trinajstić information content (AvgIpc) is 2.56. The van der Waals surface area contributed by atoms with Gasteiger partial charge in [0.2, 0.25) is 0 Å². The van der Waals surface area contributed by atoms with Crippen LogP contribution < -0.4 is 4.74 Å². The van der Waals surface area contributed by atoms with Crippen molar-refractivity contribution in [3.8, 4) is 5.75 Å². The summed E-state index contributed by atoms with van der Waals surface area (Å²) in [4.78, 5) is 2.54. The number of hydrogen-bond acceptors (Lipinski definition) is 3. The molecule has 0 amide bonds. The minimum Gasteiger partial charge on any atom is -0.490 e. The Hall–Kier alpha value is -1.06. The number of piperidine rings is 1. The van der Waals surface area contributed by atoms with E-state index in [9.17, 15) is 0 Å². The molecule has 1 aromatic carbocycles. The van der Waals surface area contributed by atoms with Crippen LogP contribution in [0.5, 0.6) is 5.75 Å². The first-order valence-corrected chi connectivity index (χ1v) is 9.16. The molecule has 3 heteroatoms. The van der Waals surface area contributed by atoms with Crippen LogP contribution in [-0.2, 0) is 10.2 Å². The van der Waals surface area contributed by atoms with Gasteiger partial charge in [-0.2, -0.15) is 0 Å². The van der Waals surface area contributed by atoms with Gasteiger partial charge in [-0.1, -0.05) is 19.1 Å². The summed E-state index contributed by atoms with van der Waals surface area (Å²) in [7, 11) is 0. The van der Waals surface area contributed by atoms with Crippen molar-refractivity contribution in [1.29, 1.82) is 0 Å². The smallest absolute Gasteiger partial charge is 0.119 e. The summed E-state index contributed by atoms with van der Waals surface area (Å²) in [6.07, 6.45) is 4.86. The van der Waals surface area contributed by atoms with E-state index in [1.807, 2.05) is 0 Å². The number of hydrogen-bond donors (Lipinski definition) is 0. The lowest BCUT2D eigenvalue weighted by atomic mass is 9.76. The first-order valence-electron chi connectivity index (χ1n) is 9.16. The standard InChI is InChI=1S/C20H31NO2/c1-16(2)21-12-8-19(9-13-21)23-18-6-4-17(5-7-18)20(3)10-14-22-15-11-20/h4-7,16,19H,8-15H2,1-3H3. The predicted molar refractivity (Wildman–Crippen MR) is 94.2 cm³/mol. The molecule has 0 N–H and O–H groups in total. The number of benzene rings is 1. The molecule has 2 aliphatic heterocycles. The molecular formula is C20H31NO2. The van der Waals surface area contributed by atoms with Gasteiger partial charge in [-0.25, -0.2) is 0 Å². The third-order valence-electron chi connectivity index (χ3n) is 5.66. The molecule has 2 aliphatic rings. The molecule has 3 rings (SSSR count). The van der Waals surface area contributed by atoms with Crippen molar-refractivity contribution in [2.24, 2.45) is 0 Å². The Bertz CT molecular complexity index is 483. The van der Waals surface area contributed by atoms with Crippen LogP contribution in [0.25, 0.3) is 0 Å². The topological polar surface area (TPSA) is 21.7 Å². The number of likely N-dealkylation sites (tertiary alicyclic amines) is 1. The summed E-state index contributed by atoms with van der Waals surface area (Å²) in [6, 6.07) is 9.47. The van der Waals surface area contributed by atoms with Crippen molar-refractivity contribution in [3.63, 3.8) is 0 Å². The molecule has 2 heterocycles. The van der Waals surface area contributed by atoms with Gasteiger partial charge in [-0.3, -0.25) is 0 Å². The van der Waals surface area contributed by atoms with Gasteiger partial charge in [0.25, 0.3) is 0 Å². The summed E-state index contributed by atoms with van der Waals surface area (Å²) in [5.74, 6) is 1.02. The zero-order valence-corrected chi connectivity index (χ0v) is 14.9. The van der Waals surface area contributed by atoms with Crippen LogP contribution in [0.1, 0.15) is 52.0 Å². The molecule has 0 aromatic heterocycles. The molecule has 0 aliphatic carbocycles. The second-order valence-electron chi connectivity index (χ2n) is 7.64. The van der Waals surface area contributed by atoms with Crippen molar-refractivity contribution in [2.45, 2.75) is 64.0 Å². The van der Waals surface area contributed by atoms with E-state index < -0.39 is 0 Å². The van der Waals surface area contributed by atoms with Crippen LogP contribution in [0.15, 0.2) is 24.3 Å². The summed E-state index contributed by atoms with van der Waals surface area (Å²) in [5, 5.41) is 0. The minimum atomic E-state index is 0.263. The average molecular weight is 317 g/mol. The molecule has 128 valence electrons. The molecule has 0 radical (unpaired) electrons. The Morgan fingerprint density at radius 2 is 1.70 bits per heavy atom. The quantitative estimate of drug-likeness (QED) is 0.837. The van der Waals surface area contributed by atoms with Crippen molar-refractivity contribution in [1.82, 2.24) is 4.90 Å². The third kappa shape index (κ3) is 4.07. The van der Waals surface area contributed by atoms with Gasteiger partial charge < -0.3 is 14.4 Å². The lowest BCUT2D eigenvalue weighted by Gasteiger charge is -2.35. The Kier molecular flexibility index (Phi) is 5.27. The van der Waals surface area contributed by atoms with E-state index in [4.69, 9.17) is 9.47 Å². The van der Waals surface area contributed by atoms with Crippen LogP contribution in [-0.4, -0.2) is 43.3 Å². The number of rotatable bonds is 4. The lowest BCUT2D eigenvalue weighted by molar-refractivity contribution is 0.0564. The molecule has 1 aromatic rings. The zero-order chi connectivity index (χ0) is 16.3. The maximum Gasteiger partial charge on any atom is 0.119 e. The van der Waals surface area contributed by atoms with Crippen molar-refractivity contribution in [3.05, 3.63) is 29.8 Å². The molecule has 0 spiro atoms. The Morgan fingerprint density at radius 1 is 1.09 bits per heavy atom. The first kappa shape index (κ1) is 16.8. The maximum atomic E-state index is 6.21. The van der Waals surface area contributed by atoms with Gasteiger partial charge >= 0.3 is 0 Å². The van der Waals surface area contributed by atoms with Crippen molar-refractivity contribution in [2.75, 3.05) is 26.3 Å². The normalized spacial score (nSPS) is 23.1. The molecule has 0 saturated carbocycles. The van der Waals surface area contributed by atoms with Gasteiger partial charge in [0.1, 0.15) is 11.9 Å². The van der Waals surface area contributed by atoms with Crippen LogP contribution >= 0.6 is 0 Å². The van der Waals surface area contributed by atoms with Gasteiger partial charge in [0, 0.05) is 32.3 Å². The molecule has 3 nitrogen and oxygen atoms in total. The van der Waals surface area contributed by atoms with Crippen LogP contribution in [0.3, 0.4) is 0 Å². The molecule has 0 unspecified atom stereocenters. The zero-order valence-electron chi connectivity index (χ0n) is 14.9. The summed E-state index contributed by atoms with van der Waals surface area (Å²) in [6.45, 7) is 11.0. The fourth-order valence-electron chi connectivity index (χ4n) is 3.75. The molecule has 2 fully saturated rings. The highest BCUT2D eigenvalue weighted by molar-refractivity contribution is 5.32. The molecule has 23 heavy (non-hydrogen) atoms. The highest BCUT2D eigenvalue weighted by atomic mass is 16.5. The highest BCUT2D eigenvalue weighted by Crippen LogP contribution is 2.35. The monoisotopic (exact) mass is 317 g/mol. The van der Waals surface area contributed by atoms with E-state index in [-0.39, 0.29) is 5.41 Å². The van der Waals surface area contributed by atoms with Crippen molar-refractivity contribution >= 4 is 0 Å². The molecule has 2 saturated heterocycles. The molecule has 0 atom stereocenters. The van der Waals surface area contributed by atoms with Crippen LogP contribution in [0, 0.1) is 0 Å². The van der Waals surface area contributed by atoms with Gasteiger partial charge in [-0.15, -0.1) is 0 Å². The van der Waals surface area contributed by atoms with E-state index in [2.05, 4.69) is 49.9 Å². The third-order valence-corrected chi connectivity index (χ3v) is 5.66. The summed E-state index contributed by atoms with van der Waals surface area (Å²) in [5.41, 5.74) is 1.68. The van der Waals surface area contributed by atoms with Gasteiger partial charge in [0.05, 0.1) is 0 Å². The Labute approximate surface area is 141 Å². The minimum absolute atomic E-state index is 0.263. The molecular weight excluding hydrogens is 286 g/mol. The van der Waals surface area contributed by atoms with Gasteiger partial charge in [-0.05, 0) is 62.6 Å². The predicted octanol–water partition coefficient (Wildman–Crippen LogP) is 4.01. The number of ether oxygens (including phenoxy) is 2. The van der Waals surface area contributed by atoms with Crippen LogP contribution in [0.2, 0.25) is 0 Å². The summed E-state index contributed by atoms with van der Waals surface area (Å²) < 4.78 is 11.7. The van der Waals surface area contributed by atoms with Crippen LogP contribution in [0.4, 0.5) is 0 Å². The largest absolute Gasteiger partial charge is 0.490 e. The highest BCUT2D eigenvalue weighted by Gasteiger charge is 2.29. The fraction of sp³-hybridized carbons (Fsp3) is 0.700. The Balaban J connectivity index is 1.56. The van der Waals surface area contributed by atoms with Gasteiger partial charge in [0.15, 0.2) is 0 Å². The van der Waals surface area contributed by atoms with E-state index in [0.717, 1.165) is 57.7 Å². The Morgan fingerprint density at radius 3 is 2.26 bits per heavy atom. The first-order chi connectivity index (χ1) is 11.1. The number of nitrogens with zero attached hydrogens (tertiary/aromatic N) is 1. The van der Waals surface area contributed by atoms with Crippen molar-refractivity contribution < 1.29 is 9.47 Å². The van der Waals surface area contributed by atoms with E-state index in [1.54, 1.807) is 0 Å². The van der Waals surface area contributed by atoms with E-state index in [0.29, 0.717) is 12.1 Å². The summed E-state index contributed by atoms with van der Waals surface area (Å²) >= 11 is 0. The lowest BCUT2D eigenvalue weighted by Crippen LogP contribution is -2.41. The fourth-order valence-corrected chi connectivity index (χ4v) is 3.75. The second kappa shape index (κ2) is 7.23. The molecule has 0 bridgehead atoms. The van der Waals surface area contributed by atoms with E-state index in [1.165, 1.54) is 5.56 Å². The SMILES string of the molecule is CC(C)N1CCC(Oc2ccc(C3(C)CCOCC3)cc2)CC1. The second-order valence-corrected chi connectivity index (χ2v) is 7.64. The maximum absolute atomic E-state index is 6.21. The van der Waals surface area contributed by atoms with E-state index >= 15 is 0 Å².